The molecule has 0 spiro atoms. The van der Waals surface area contributed by atoms with Crippen molar-refractivity contribution >= 4 is 17.9 Å². The van der Waals surface area contributed by atoms with Crippen molar-refractivity contribution in [3.8, 4) is 0 Å². The van der Waals surface area contributed by atoms with Crippen LogP contribution in [-0.4, -0.2) is 74.4 Å². The molecule has 0 rings (SSSR count). The maximum Gasteiger partial charge on any atom is 0.326 e. The quantitative estimate of drug-likeness (QED) is 0.350. The molecule has 0 radical (unpaired) electrons. The number of nitrogens with two attached hydrogens (primary N) is 1. The van der Waals surface area contributed by atoms with Crippen molar-refractivity contribution in [1.29, 1.82) is 0 Å². The van der Waals surface area contributed by atoms with Gasteiger partial charge in [0, 0.05) is 13.1 Å². The van der Waals surface area contributed by atoms with Gasteiger partial charge in [-0.15, -0.1) is 0 Å². The molecule has 0 bridgehead atoms. The van der Waals surface area contributed by atoms with E-state index in [1.165, 1.54) is 0 Å². The minimum Gasteiger partial charge on any atom is -0.480 e. The highest BCUT2D eigenvalue weighted by Crippen LogP contribution is 1.91. The van der Waals surface area contributed by atoms with Crippen molar-refractivity contribution in [2.24, 2.45) is 5.73 Å². The number of urea groups is 1. The first kappa shape index (κ1) is 18.1. The Balaban J connectivity index is 3.80. The molecule has 0 saturated carbocycles. The van der Waals surface area contributed by atoms with Crippen LogP contribution < -0.4 is 16.4 Å². The lowest BCUT2D eigenvalue weighted by molar-refractivity contribution is -0.140. The molecule has 0 aromatic carbocycles. The number of aliphatic carboxylic acids is 1. The lowest BCUT2D eigenvalue weighted by Crippen LogP contribution is -2.48. The summed E-state index contributed by atoms with van der Waals surface area (Å²) in [5.41, 5.74) is 4.89. The third-order valence-corrected chi connectivity index (χ3v) is 2.22. The van der Waals surface area contributed by atoms with Crippen molar-refractivity contribution in [1.82, 2.24) is 15.5 Å². The van der Waals surface area contributed by atoms with Crippen molar-refractivity contribution in [3.63, 3.8) is 0 Å². The Morgan fingerprint density at radius 3 is 2.45 bits per heavy atom. The molecule has 116 valence electrons. The molecule has 9 heteroatoms. The van der Waals surface area contributed by atoms with Crippen molar-refractivity contribution < 1.29 is 24.2 Å². The number of primary amides is 1. The number of hydrogen-bond donors (Lipinski definition) is 4. The average molecular weight is 290 g/mol. The van der Waals surface area contributed by atoms with Gasteiger partial charge >= 0.3 is 12.0 Å². The number of nitrogens with one attached hydrogen (secondary N) is 2. The van der Waals surface area contributed by atoms with Gasteiger partial charge in [0.25, 0.3) is 0 Å². The number of hydrogen-bond acceptors (Lipinski definition) is 5. The molecule has 0 aliphatic carbocycles. The van der Waals surface area contributed by atoms with Gasteiger partial charge in [0.15, 0.2) is 0 Å². The summed E-state index contributed by atoms with van der Waals surface area (Å²) in [5, 5.41) is 13.4. The number of nitrogens with zero attached hydrogens (tertiary/aromatic N) is 1. The van der Waals surface area contributed by atoms with Gasteiger partial charge in [-0.25, -0.2) is 9.59 Å². The van der Waals surface area contributed by atoms with Gasteiger partial charge in [-0.3, -0.25) is 4.79 Å². The van der Waals surface area contributed by atoms with Crippen LogP contribution in [-0.2, 0) is 14.3 Å². The van der Waals surface area contributed by atoms with Gasteiger partial charge in [0.05, 0.1) is 19.6 Å². The maximum absolute atomic E-state index is 11.4. The Morgan fingerprint density at radius 1 is 1.30 bits per heavy atom. The van der Waals surface area contributed by atoms with Crippen LogP contribution in [0.2, 0.25) is 0 Å². The number of carbonyl (C=O) groups excluding carboxylic acids is 2. The molecule has 1 atom stereocenters. The second-order valence-corrected chi connectivity index (χ2v) is 4.38. The molecular formula is C11H22N4O5. The number of likely N-dealkylation sites (N-methyl/N-ethyl adjacent to an activating group) is 1. The molecule has 20 heavy (non-hydrogen) atoms. The highest BCUT2D eigenvalue weighted by atomic mass is 16.5. The van der Waals surface area contributed by atoms with E-state index in [9.17, 15) is 14.4 Å². The van der Waals surface area contributed by atoms with Crippen LogP contribution in [0.3, 0.4) is 0 Å². The van der Waals surface area contributed by atoms with E-state index < -0.39 is 30.4 Å². The predicted molar refractivity (Wildman–Crippen MR) is 71.1 cm³/mol. The van der Waals surface area contributed by atoms with E-state index in [1.54, 1.807) is 0 Å². The van der Waals surface area contributed by atoms with E-state index in [1.807, 2.05) is 19.0 Å². The summed E-state index contributed by atoms with van der Waals surface area (Å²) in [4.78, 5) is 34.8. The van der Waals surface area contributed by atoms with E-state index >= 15 is 0 Å². The van der Waals surface area contributed by atoms with Gasteiger partial charge in [-0.2, -0.15) is 0 Å². The van der Waals surface area contributed by atoms with Gasteiger partial charge < -0.3 is 31.1 Å². The number of amides is 3. The third-order valence-electron chi connectivity index (χ3n) is 2.22. The Hall–Kier alpha value is -1.87. The molecule has 5 N–H and O–H groups in total. The Bertz CT molecular complexity index is 335. The number of carboxylic acids is 1. The van der Waals surface area contributed by atoms with Crippen LogP contribution in [0.1, 0.15) is 6.42 Å². The second kappa shape index (κ2) is 9.98. The number of carboxylic acid groups (broad SMARTS) is 1. The second-order valence-electron chi connectivity index (χ2n) is 4.38. The molecule has 0 aromatic rings. The Morgan fingerprint density at radius 2 is 1.95 bits per heavy atom. The van der Waals surface area contributed by atoms with E-state index in [0.29, 0.717) is 13.2 Å². The predicted octanol–water partition coefficient (Wildman–Crippen LogP) is -1.81. The van der Waals surface area contributed by atoms with Gasteiger partial charge in [0.1, 0.15) is 6.04 Å². The minimum atomic E-state index is -1.33. The highest BCUT2D eigenvalue weighted by molar-refractivity contribution is 5.87. The lowest BCUT2D eigenvalue weighted by atomic mass is 10.2. The first-order valence-corrected chi connectivity index (χ1v) is 6.11. The van der Waals surface area contributed by atoms with Crippen LogP contribution >= 0.6 is 0 Å². The molecule has 9 nitrogen and oxygen atoms in total. The van der Waals surface area contributed by atoms with Crippen LogP contribution in [0.15, 0.2) is 0 Å². The number of ether oxygens (including phenoxy) is 1. The van der Waals surface area contributed by atoms with Crippen LogP contribution in [0, 0.1) is 0 Å². The molecule has 0 saturated heterocycles. The third kappa shape index (κ3) is 10.1. The van der Waals surface area contributed by atoms with Crippen molar-refractivity contribution in [3.05, 3.63) is 0 Å². The van der Waals surface area contributed by atoms with Gasteiger partial charge in [-0.05, 0) is 14.1 Å². The monoisotopic (exact) mass is 290 g/mol. The molecule has 0 heterocycles. The van der Waals surface area contributed by atoms with E-state index in [-0.39, 0.29) is 6.54 Å². The molecule has 0 aromatic heterocycles. The number of carbonyl (C=O) groups is 3. The molecule has 0 aliphatic rings. The molecule has 0 aliphatic heterocycles. The topological polar surface area (TPSA) is 134 Å². The fourth-order valence-corrected chi connectivity index (χ4v) is 1.20. The largest absolute Gasteiger partial charge is 0.480 e. The summed E-state index contributed by atoms with van der Waals surface area (Å²) in [7, 11) is 3.83. The minimum absolute atomic E-state index is 0.238. The Kier molecular flexibility index (Phi) is 9.05. The SMILES string of the molecule is CN(C)CCOCCNC(=O)N[C@H](CC(N)=O)C(=O)O. The van der Waals surface area contributed by atoms with Crippen LogP contribution in [0.5, 0.6) is 0 Å². The molecule has 0 fully saturated rings. The summed E-state index contributed by atoms with van der Waals surface area (Å²) in [6.07, 6.45) is -0.456. The smallest absolute Gasteiger partial charge is 0.326 e. The average Bonchev–Trinajstić information content (AvgIpc) is 2.31. The first-order valence-electron chi connectivity index (χ1n) is 6.11. The number of rotatable bonds is 10. The van der Waals surface area contributed by atoms with Gasteiger partial charge in [-0.1, -0.05) is 0 Å². The van der Waals surface area contributed by atoms with E-state index in [0.717, 1.165) is 6.54 Å². The summed E-state index contributed by atoms with van der Waals surface area (Å²) in [5.74, 6) is -2.12. The molecular weight excluding hydrogens is 268 g/mol. The maximum atomic E-state index is 11.4. The van der Waals surface area contributed by atoms with Crippen LogP contribution in [0.4, 0.5) is 4.79 Å². The zero-order valence-corrected chi connectivity index (χ0v) is 11.7. The Labute approximate surface area is 117 Å². The van der Waals surface area contributed by atoms with Crippen molar-refractivity contribution in [2.75, 3.05) is 40.4 Å². The van der Waals surface area contributed by atoms with E-state index in [2.05, 4.69) is 10.6 Å². The summed E-state index contributed by atoms with van der Waals surface area (Å²) >= 11 is 0. The van der Waals surface area contributed by atoms with Crippen molar-refractivity contribution in [2.45, 2.75) is 12.5 Å². The molecule has 0 unspecified atom stereocenters. The first-order chi connectivity index (χ1) is 9.32. The summed E-state index contributed by atoms with van der Waals surface area (Å²) in [6.45, 7) is 1.86. The molecule has 3 amide bonds. The standard InChI is InChI=1S/C11H22N4O5/c1-15(2)4-6-20-5-3-13-11(19)14-8(10(17)18)7-9(12)16/h8H,3-7H2,1-2H3,(H2,12,16)(H,17,18)(H2,13,14,19)/t8-/m1/s1. The van der Waals surface area contributed by atoms with Crippen LogP contribution in [0.25, 0.3) is 0 Å². The normalized spacial score (nSPS) is 11.9. The van der Waals surface area contributed by atoms with Gasteiger partial charge in [0.2, 0.25) is 5.91 Å². The fourth-order valence-electron chi connectivity index (χ4n) is 1.20. The van der Waals surface area contributed by atoms with E-state index in [4.69, 9.17) is 15.6 Å². The summed E-state index contributed by atoms with van der Waals surface area (Å²) in [6, 6.07) is -2.02. The zero-order valence-electron chi connectivity index (χ0n) is 11.7. The highest BCUT2D eigenvalue weighted by Gasteiger charge is 2.21. The lowest BCUT2D eigenvalue weighted by Gasteiger charge is -2.14. The fraction of sp³-hybridized carbons (Fsp3) is 0.727. The summed E-state index contributed by atoms with van der Waals surface area (Å²) < 4.78 is 5.24. The zero-order chi connectivity index (χ0) is 15.5.